The van der Waals surface area contributed by atoms with E-state index >= 15 is 0 Å². The minimum absolute atomic E-state index is 0.0324. The molecule has 0 aliphatic carbocycles. The Morgan fingerprint density at radius 2 is 1.77 bits per heavy atom. The maximum atomic E-state index is 14.2. The predicted molar refractivity (Wildman–Crippen MR) is 186 cm³/mol. The van der Waals surface area contributed by atoms with Crippen molar-refractivity contribution in [1.29, 1.82) is 0 Å². The van der Waals surface area contributed by atoms with Crippen molar-refractivity contribution < 1.29 is 22.1 Å². The Bertz CT molecular complexity index is 1820. The van der Waals surface area contributed by atoms with Gasteiger partial charge >= 0.3 is 6.03 Å². The van der Waals surface area contributed by atoms with Crippen molar-refractivity contribution in [2.75, 3.05) is 54.2 Å². The minimum atomic E-state index is -3.59. The summed E-state index contributed by atoms with van der Waals surface area (Å²) in [5.74, 6) is 1.45. The third kappa shape index (κ3) is 8.91. The lowest BCUT2D eigenvalue weighted by molar-refractivity contribution is 0.223. The SMILES string of the molecule is CCN(CC)CCOc1ccc(Nc2ncc3c(n2)N(c2cccc(CCOS(C)(=O)=O)c2)C(=O)N(c2ccc(Cl)cc2Cl)C3)cc1. The van der Waals surface area contributed by atoms with Crippen LogP contribution in [0.15, 0.2) is 72.9 Å². The highest BCUT2D eigenvalue weighted by atomic mass is 35.5. The minimum Gasteiger partial charge on any atom is -0.492 e. The van der Waals surface area contributed by atoms with Crippen molar-refractivity contribution >= 4 is 68.2 Å². The van der Waals surface area contributed by atoms with Crippen LogP contribution in [0.3, 0.4) is 0 Å². The number of carbonyl (C=O) groups excluding carboxylic acids is 1. The number of hydrogen-bond donors (Lipinski definition) is 1. The molecule has 0 bridgehead atoms. The monoisotopic (exact) mass is 698 g/mol. The number of nitrogens with zero attached hydrogens (tertiary/aromatic N) is 5. The van der Waals surface area contributed by atoms with Crippen LogP contribution in [0, 0.1) is 0 Å². The molecule has 2 amide bonds. The van der Waals surface area contributed by atoms with Gasteiger partial charge < -0.3 is 15.0 Å². The molecule has 0 spiro atoms. The van der Waals surface area contributed by atoms with Crippen molar-refractivity contribution in [3.8, 4) is 5.75 Å². The van der Waals surface area contributed by atoms with E-state index in [1.54, 1.807) is 42.6 Å². The van der Waals surface area contributed by atoms with Crippen molar-refractivity contribution in [3.63, 3.8) is 0 Å². The molecule has 4 aromatic rings. The molecule has 1 N–H and O–H groups in total. The molecule has 11 nitrogen and oxygen atoms in total. The van der Waals surface area contributed by atoms with Crippen LogP contribution in [0.5, 0.6) is 5.75 Å². The molecule has 0 saturated heterocycles. The van der Waals surface area contributed by atoms with Crippen molar-refractivity contribution in [2.45, 2.75) is 26.8 Å². The molecule has 1 aromatic heterocycles. The molecule has 14 heteroatoms. The van der Waals surface area contributed by atoms with E-state index in [1.807, 2.05) is 30.3 Å². The second-order valence-electron chi connectivity index (χ2n) is 10.8. The Morgan fingerprint density at radius 3 is 2.47 bits per heavy atom. The summed E-state index contributed by atoms with van der Waals surface area (Å²) in [6.45, 7) is 7.80. The summed E-state index contributed by atoms with van der Waals surface area (Å²) >= 11 is 12.7. The molecular formula is C33H36Cl2N6O5S. The first-order valence-electron chi connectivity index (χ1n) is 15.1. The largest absolute Gasteiger partial charge is 0.492 e. The molecule has 5 rings (SSSR count). The van der Waals surface area contributed by atoms with Gasteiger partial charge in [-0.1, -0.05) is 49.2 Å². The number of urea groups is 1. The molecular weight excluding hydrogens is 663 g/mol. The van der Waals surface area contributed by atoms with Crippen molar-refractivity contribution in [2.24, 2.45) is 0 Å². The highest BCUT2D eigenvalue weighted by Gasteiger charge is 2.35. The number of rotatable bonds is 14. The first-order valence-corrected chi connectivity index (χ1v) is 17.7. The zero-order valence-corrected chi connectivity index (χ0v) is 28.6. The summed E-state index contributed by atoms with van der Waals surface area (Å²) < 4.78 is 33.8. The van der Waals surface area contributed by atoms with E-state index in [4.69, 9.17) is 37.1 Å². The highest BCUT2D eigenvalue weighted by Crippen LogP contribution is 2.39. The van der Waals surface area contributed by atoms with Gasteiger partial charge in [-0.25, -0.2) is 14.7 Å². The van der Waals surface area contributed by atoms with Crippen LogP contribution in [-0.2, 0) is 27.3 Å². The van der Waals surface area contributed by atoms with Gasteiger partial charge in [-0.2, -0.15) is 13.4 Å². The topological polar surface area (TPSA) is 117 Å². The van der Waals surface area contributed by atoms with Gasteiger partial charge in [0, 0.05) is 29.0 Å². The molecule has 0 atom stereocenters. The molecule has 2 heterocycles. The van der Waals surface area contributed by atoms with Gasteiger partial charge in [0.15, 0.2) is 5.82 Å². The fourth-order valence-corrected chi connectivity index (χ4v) is 5.99. The second-order valence-corrected chi connectivity index (χ2v) is 13.3. The van der Waals surface area contributed by atoms with Gasteiger partial charge in [-0.15, -0.1) is 0 Å². The summed E-state index contributed by atoms with van der Waals surface area (Å²) in [4.78, 5) is 28.9. The number of ether oxygens (including phenoxy) is 1. The van der Waals surface area contributed by atoms with Gasteiger partial charge in [0.05, 0.1) is 35.8 Å². The fourth-order valence-electron chi connectivity index (χ4n) is 5.09. The highest BCUT2D eigenvalue weighted by molar-refractivity contribution is 7.85. The average Bonchev–Trinajstić information content (AvgIpc) is 3.03. The predicted octanol–water partition coefficient (Wildman–Crippen LogP) is 7.04. The van der Waals surface area contributed by atoms with Crippen LogP contribution >= 0.6 is 23.2 Å². The first kappa shape index (κ1) is 34.4. The molecule has 248 valence electrons. The van der Waals surface area contributed by atoms with E-state index in [9.17, 15) is 13.2 Å². The molecule has 1 aliphatic heterocycles. The van der Waals surface area contributed by atoms with E-state index in [-0.39, 0.29) is 19.2 Å². The Morgan fingerprint density at radius 1 is 1.00 bits per heavy atom. The van der Waals surface area contributed by atoms with E-state index in [0.29, 0.717) is 51.8 Å². The normalized spacial score (nSPS) is 13.2. The van der Waals surface area contributed by atoms with Crippen LogP contribution in [0.1, 0.15) is 25.0 Å². The van der Waals surface area contributed by atoms with E-state index < -0.39 is 10.1 Å². The number of anilines is 5. The Labute approximate surface area is 285 Å². The quantitative estimate of drug-likeness (QED) is 0.138. The lowest BCUT2D eigenvalue weighted by Gasteiger charge is -2.36. The molecule has 1 aliphatic rings. The molecule has 3 aromatic carbocycles. The van der Waals surface area contributed by atoms with Gasteiger partial charge in [-0.3, -0.25) is 9.08 Å². The van der Waals surface area contributed by atoms with E-state index in [1.165, 1.54) is 9.80 Å². The summed E-state index contributed by atoms with van der Waals surface area (Å²) in [7, 11) is -3.59. The zero-order chi connectivity index (χ0) is 33.6. The summed E-state index contributed by atoms with van der Waals surface area (Å²) in [5, 5.41) is 3.99. The van der Waals surface area contributed by atoms with E-state index in [2.05, 4.69) is 29.0 Å². The summed E-state index contributed by atoms with van der Waals surface area (Å²) in [5.41, 5.74) is 3.21. The van der Waals surface area contributed by atoms with E-state index in [0.717, 1.165) is 42.9 Å². The van der Waals surface area contributed by atoms with Gasteiger partial charge in [0.25, 0.3) is 10.1 Å². The first-order chi connectivity index (χ1) is 22.5. The fraction of sp³-hybridized carbons (Fsp3) is 0.303. The maximum Gasteiger partial charge on any atom is 0.335 e. The number of aromatic nitrogens is 2. The number of nitrogens with one attached hydrogen (secondary N) is 1. The molecule has 47 heavy (non-hydrogen) atoms. The summed E-state index contributed by atoms with van der Waals surface area (Å²) in [6, 6.07) is 19.3. The van der Waals surface area contributed by atoms with Crippen molar-refractivity contribution in [3.05, 3.63) is 94.1 Å². The Hall–Kier alpha value is -3.94. The average molecular weight is 700 g/mol. The molecule has 0 fully saturated rings. The smallest absolute Gasteiger partial charge is 0.335 e. The number of amides is 2. The van der Waals surface area contributed by atoms with Crippen LogP contribution in [0.4, 0.5) is 33.6 Å². The Kier molecular flexibility index (Phi) is 11.2. The van der Waals surface area contributed by atoms with Crippen LogP contribution in [0.2, 0.25) is 10.0 Å². The Balaban J connectivity index is 1.42. The van der Waals surface area contributed by atoms with Crippen molar-refractivity contribution in [1.82, 2.24) is 14.9 Å². The van der Waals surface area contributed by atoms with Gasteiger partial charge in [0.2, 0.25) is 5.95 Å². The summed E-state index contributed by atoms with van der Waals surface area (Å²) in [6.07, 6.45) is 2.99. The number of benzene rings is 3. The van der Waals surface area contributed by atoms with Crippen LogP contribution in [-0.4, -0.2) is 68.4 Å². The number of fused-ring (bicyclic) bond motifs is 1. The number of halogens is 2. The molecule has 0 radical (unpaired) electrons. The third-order valence-electron chi connectivity index (χ3n) is 7.54. The maximum absolute atomic E-state index is 14.2. The van der Waals surface area contributed by atoms with Crippen LogP contribution in [0.25, 0.3) is 0 Å². The lowest BCUT2D eigenvalue weighted by Crippen LogP contribution is -2.45. The second kappa shape index (κ2) is 15.3. The zero-order valence-electron chi connectivity index (χ0n) is 26.3. The third-order valence-corrected chi connectivity index (χ3v) is 8.68. The number of carbonyl (C=O) groups is 1. The lowest BCUT2D eigenvalue weighted by atomic mass is 10.1. The van der Waals surface area contributed by atoms with Gasteiger partial charge in [0.1, 0.15) is 12.4 Å². The molecule has 0 saturated carbocycles. The number of likely N-dealkylation sites (N-methyl/N-ethyl adjacent to an activating group) is 1. The van der Waals surface area contributed by atoms with Gasteiger partial charge in [-0.05, 0) is 79.7 Å². The van der Waals surface area contributed by atoms with Crippen LogP contribution < -0.4 is 19.9 Å². The number of hydrogen-bond acceptors (Lipinski definition) is 9. The standard InChI is InChI=1S/C33H36Cl2N6O5S/c1-4-39(5-2)16-18-45-28-12-10-26(11-13-28)37-32-36-21-24-22-40(30-14-9-25(34)20-29(30)35)33(42)41(31(24)38-32)27-8-6-7-23(19-27)15-17-46-47(3,43)44/h6-14,19-21H,4-5,15-18,22H2,1-3H3,(H,36,37,38). The molecule has 0 unspecified atom stereocenters.